The molecule has 0 fully saturated rings. The summed E-state index contributed by atoms with van der Waals surface area (Å²) in [6, 6.07) is 10.4. The molecule has 0 radical (unpaired) electrons. The molecule has 0 saturated carbocycles. The van der Waals surface area contributed by atoms with Crippen molar-refractivity contribution in [3.05, 3.63) is 53.1 Å². The molecule has 2 aromatic carbocycles. The SMILES string of the molecule is COc1ccc(CNS(=O)(=O)c2cccc(C)c2)c(OC)c1C. The summed E-state index contributed by atoms with van der Waals surface area (Å²) in [6.45, 7) is 3.87. The number of ether oxygens (including phenoxy) is 2. The Morgan fingerprint density at radius 1 is 1.04 bits per heavy atom. The molecule has 0 aliphatic heterocycles. The molecular weight excluding hydrogens is 314 g/mol. The molecule has 0 unspecified atom stereocenters. The van der Waals surface area contributed by atoms with E-state index in [2.05, 4.69) is 4.72 Å². The summed E-state index contributed by atoms with van der Waals surface area (Å²) >= 11 is 0. The standard InChI is InChI=1S/C17H21NO4S/c1-12-6-5-7-15(10-12)23(19,20)18-11-14-8-9-16(21-3)13(2)17(14)22-4/h5-10,18H,11H2,1-4H3. The van der Waals surface area contributed by atoms with Gasteiger partial charge in [0.2, 0.25) is 10.0 Å². The molecule has 2 aromatic rings. The van der Waals surface area contributed by atoms with Gasteiger partial charge in [-0.25, -0.2) is 13.1 Å². The fourth-order valence-electron chi connectivity index (χ4n) is 2.41. The van der Waals surface area contributed by atoms with Gasteiger partial charge in [0.15, 0.2) is 0 Å². The van der Waals surface area contributed by atoms with E-state index in [1.807, 2.05) is 19.9 Å². The van der Waals surface area contributed by atoms with Crippen LogP contribution in [0.2, 0.25) is 0 Å². The molecule has 124 valence electrons. The van der Waals surface area contributed by atoms with E-state index in [-0.39, 0.29) is 11.4 Å². The smallest absolute Gasteiger partial charge is 0.240 e. The number of sulfonamides is 1. The van der Waals surface area contributed by atoms with Gasteiger partial charge in [-0.3, -0.25) is 0 Å². The summed E-state index contributed by atoms with van der Waals surface area (Å²) < 4.78 is 38.0. The second-order valence-corrected chi connectivity index (χ2v) is 6.99. The van der Waals surface area contributed by atoms with Gasteiger partial charge in [-0.1, -0.05) is 18.2 Å². The van der Waals surface area contributed by atoms with Crippen molar-refractivity contribution in [2.75, 3.05) is 14.2 Å². The lowest BCUT2D eigenvalue weighted by Gasteiger charge is -2.15. The molecule has 23 heavy (non-hydrogen) atoms. The van der Waals surface area contributed by atoms with Crippen LogP contribution >= 0.6 is 0 Å². The summed E-state index contributed by atoms with van der Waals surface area (Å²) in [4.78, 5) is 0.252. The Kier molecular flexibility index (Phi) is 5.28. The van der Waals surface area contributed by atoms with Crippen LogP contribution in [0.25, 0.3) is 0 Å². The minimum atomic E-state index is -3.57. The second kappa shape index (κ2) is 7.02. The lowest BCUT2D eigenvalue weighted by atomic mass is 10.1. The molecule has 0 aliphatic carbocycles. The van der Waals surface area contributed by atoms with Gasteiger partial charge in [0.25, 0.3) is 0 Å². The first-order valence-electron chi connectivity index (χ1n) is 7.16. The van der Waals surface area contributed by atoms with Crippen LogP contribution < -0.4 is 14.2 Å². The van der Waals surface area contributed by atoms with E-state index >= 15 is 0 Å². The zero-order valence-electron chi connectivity index (χ0n) is 13.7. The molecule has 0 spiro atoms. The first-order chi connectivity index (χ1) is 10.9. The van der Waals surface area contributed by atoms with E-state index in [0.717, 1.165) is 16.7 Å². The number of nitrogens with one attached hydrogen (secondary N) is 1. The minimum Gasteiger partial charge on any atom is -0.496 e. The Morgan fingerprint density at radius 3 is 2.39 bits per heavy atom. The number of aryl methyl sites for hydroxylation is 1. The summed E-state index contributed by atoms with van der Waals surface area (Å²) in [5.74, 6) is 1.32. The van der Waals surface area contributed by atoms with Crippen LogP contribution in [-0.2, 0) is 16.6 Å². The third-order valence-corrected chi connectivity index (χ3v) is 5.01. The Labute approximate surface area is 137 Å². The zero-order valence-corrected chi connectivity index (χ0v) is 14.5. The van der Waals surface area contributed by atoms with Crippen molar-refractivity contribution in [2.45, 2.75) is 25.3 Å². The number of methoxy groups -OCH3 is 2. The maximum Gasteiger partial charge on any atom is 0.240 e. The fraction of sp³-hybridized carbons (Fsp3) is 0.294. The van der Waals surface area contributed by atoms with Crippen molar-refractivity contribution in [3.63, 3.8) is 0 Å². The minimum absolute atomic E-state index is 0.143. The summed E-state index contributed by atoms with van der Waals surface area (Å²) in [5, 5.41) is 0. The quantitative estimate of drug-likeness (QED) is 0.882. The number of benzene rings is 2. The maximum atomic E-state index is 12.4. The van der Waals surface area contributed by atoms with Crippen molar-refractivity contribution < 1.29 is 17.9 Å². The van der Waals surface area contributed by atoms with Gasteiger partial charge in [0, 0.05) is 17.7 Å². The third kappa shape index (κ3) is 3.83. The highest BCUT2D eigenvalue weighted by atomic mass is 32.2. The Balaban J connectivity index is 2.25. The highest BCUT2D eigenvalue weighted by molar-refractivity contribution is 7.89. The van der Waals surface area contributed by atoms with Gasteiger partial charge >= 0.3 is 0 Å². The molecule has 1 N–H and O–H groups in total. The molecule has 0 aromatic heterocycles. The molecule has 0 saturated heterocycles. The van der Waals surface area contributed by atoms with Crippen LogP contribution in [-0.4, -0.2) is 22.6 Å². The monoisotopic (exact) mass is 335 g/mol. The summed E-state index contributed by atoms with van der Waals surface area (Å²) in [6.07, 6.45) is 0. The number of rotatable bonds is 6. The average molecular weight is 335 g/mol. The lowest BCUT2D eigenvalue weighted by molar-refractivity contribution is 0.385. The average Bonchev–Trinajstić information content (AvgIpc) is 2.53. The summed E-state index contributed by atoms with van der Waals surface area (Å²) in [7, 11) is -0.430. The van der Waals surface area contributed by atoms with Gasteiger partial charge in [-0.05, 0) is 37.6 Å². The first kappa shape index (κ1) is 17.3. The molecule has 0 amide bonds. The van der Waals surface area contributed by atoms with Crippen molar-refractivity contribution >= 4 is 10.0 Å². The van der Waals surface area contributed by atoms with Gasteiger partial charge in [-0.2, -0.15) is 0 Å². The largest absolute Gasteiger partial charge is 0.496 e. The van der Waals surface area contributed by atoms with Crippen molar-refractivity contribution in [3.8, 4) is 11.5 Å². The van der Waals surface area contributed by atoms with Crippen molar-refractivity contribution in [1.82, 2.24) is 4.72 Å². The third-order valence-electron chi connectivity index (χ3n) is 3.61. The predicted octanol–water partition coefficient (Wildman–Crippen LogP) is 2.80. The van der Waals surface area contributed by atoms with E-state index in [1.54, 1.807) is 44.6 Å². The highest BCUT2D eigenvalue weighted by Gasteiger charge is 2.16. The van der Waals surface area contributed by atoms with Crippen LogP contribution in [0.15, 0.2) is 41.3 Å². The van der Waals surface area contributed by atoms with E-state index < -0.39 is 10.0 Å². The lowest BCUT2D eigenvalue weighted by Crippen LogP contribution is -2.23. The molecular formula is C17H21NO4S. The Hall–Kier alpha value is -2.05. The highest BCUT2D eigenvalue weighted by Crippen LogP contribution is 2.31. The van der Waals surface area contributed by atoms with Gasteiger partial charge in [0.1, 0.15) is 11.5 Å². The van der Waals surface area contributed by atoms with Gasteiger partial charge in [0.05, 0.1) is 19.1 Å². The van der Waals surface area contributed by atoms with Crippen LogP contribution in [0.5, 0.6) is 11.5 Å². The molecule has 6 heteroatoms. The zero-order chi connectivity index (χ0) is 17.0. The molecule has 2 rings (SSSR count). The normalized spacial score (nSPS) is 11.3. The van der Waals surface area contributed by atoms with E-state index in [4.69, 9.17) is 9.47 Å². The van der Waals surface area contributed by atoms with Crippen LogP contribution in [0.4, 0.5) is 0 Å². The van der Waals surface area contributed by atoms with E-state index in [1.165, 1.54) is 0 Å². The molecule has 5 nitrogen and oxygen atoms in total. The van der Waals surface area contributed by atoms with Crippen LogP contribution in [0.3, 0.4) is 0 Å². The molecule has 0 atom stereocenters. The van der Waals surface area contributed by atoms with E-state index in [9.17, 15) is 8.42 Å². The summed E-state index contributed by atoms with van der Waals surface area (Å²) in [5.41, 5.74) is 2.48. The number of hydrogen-bond acceptors (Lipinski definition) is 4. The topological polar surface area (TPSA) is 64.6 Å². The predicted molar refractivity (Wildman–Crippen MR) is 89.5 cm³/mol. The van der Waals surface area contributed by atoms with Gasteiger partial charge in [-0.15, -0.1) is 0 Å². The van der Waals surface area contributed by atoms with Crippen LogP contribution in [0, 0.1) is 13.8 Å². The van der Waals surface area contributed by atoms with E-state index in [0.29, 0.717) is 11.5 Å². The van der Waals surface area contributed by atoms with Crippen molar-refractivity contribution in [2.24, 2.45) is 0 Å². The number of hydrogen-bond donors (Lipinski definition) is 1. The van der Waals surface area contributed by atoms with Crippen LogP contribution in [0.1, 0.15) is 16.7 Å². The maximum absolute atomic E-state index is 12.4. The first-order valence-corrected chi connectivity index (χ1v) is 8.64. The van der Waals surface area contributed by atoms with Gasteiger partial charge < -0.3 is 9.47 Å². The van der Waals surface area contributed by atoms with Crippen molar-refractivity contribution in [1.29, 1.82) is 0 Å². The fourth-order valence-corrected chi connectivity index (χ4v) is 3.52. The molecule has 0 aliphatic rings. The molecule has 0 heterocycles. The second-order valence-electron chi connectivity index (χ2n) is 5.23. The molecule has 0 bridgehead atoms. The Morgan fingerprint density at radius 2 is 1.78 bits per heavy atom. The Bertz CT molecular complexity index is 800.